The summed E-state index contributed by atoms with van der Waals surface area (Å²) in [4.78, 5) is 16.3. The van der Waals surface area contributed by atoms with Crippen molar-refractivity contribution < 1.29 is 0 Å². The van der Waals surface area contributed by atoms with Crippen molar-refractivity contribution in [2.45, 2.75) is 32.4 Å². The molecule has 0 amide bonds. The third-order valence-electron chi connectivity index (χ3n) is 5.14. The molecule has 1 aliphatic heterocycles. The molecule has 0 aliphatic carbocycles. The molecule has 25 heavy (non-hydrogen) atoms. The van der Waals surface area contributed by atoms with Crippen LogP contribution in [0.25, 0.3) is 16.6 Å². The highest BCUT2D eigenvalue weighted by molar-refractivity contribution is 5.76. The minimum absolute atomic E-state index is 0.251. The molecule has 3 aromatic heterocycles. The Morgan fingerprint density at radius 2 is 2.12 bits per heavy atom. The van der Waals surface area contributed by atoms with Crippen molar-refractivity contribution in [3.8, 4) is 0 Å². The molecule has 0 radical (unpaired) electrons. The number of fused-ring (bicyclic) bond motifs is 2. The van der Waals surface area contributed by atoms with Crippen molar-refractivity contribution in [1.82, 2.24) is 23.9 Å². The van der Waals surface area contributed by atoms with Crippen LogP contribution < -0.4 is 4.90 Å². The van der Waals surface area contributed by atoms with Gasteiger partial charge in [0.2, 0.25) is 0 Å². The second-order valence-electron chi connectivity index (χ2n) is 6.49. The highest BCUT2D eigenvalue weighted by atomic mass is 15.3. The molecule has 1 fully saturated rings. The quantitative estimate of drug-likeness (QED) is 0.577. The predicted molar refractivity (Wildman–Crippen MR) is 97.7 cm³/mol. The number of aromatic nitrogens is 5. The van der Waals surface area contributed by atoms with E-state index in [2.05, 4.69) is 50.6 Å². The van der Waals surface area contributed by atoms with Crippen LogP contribution in [0.5, 0.6) is 0 Å². The van der Waals surface area contributed by atoms with Crippen LogP contribution in [0.2, 0.25) is 0 Å². The number of para-hydroxylation sites is 2. The number of nitrogens with zero attached hydrogens (tertiary/aromatic N) is 6. The molecule has 126 valence electrons. The monoisotopic (exact) mass is 332 g/mol. The fourth-order valence-electron chi connectivity index (χ4n) is 4.03. The van der Waals surface area contributed by atoms with Crippen LogP contribution in [-0.2, 0) is 6.54 Å². The maximum absolute atomic E-state index is 4.98. The second kappa shape index (κ2) is 5.58. The lowest BCUT2D eigenvalue weighted by molar-refractivity contribution is 0.606. The molecule has 0 N–H and O–H groups in total. The molecule has 1 atom stereocenters. The first-order valence-electron chi connectivity index (χ1n) is 8.85. The normalized spacial score (nSPS) is 17.8. The fraction of sp³-hybridized carbons (Fsp3) is 0.316. The average Bonchev–Trinajstić information content (AvgIpc) is 3.37. The van der Waals surface area contributed by atoms with Crippen LogP contribution >= 0.6 is 0 Å². The lowest BCUT2D eigenvalue weighted by Crippen LogP contribution is -2.26. The summed E-state index contributed by atoms with van der Waals surface area (Å²) in [6, 6.07) is 8.65. The van der Waals surface area contributed by atoms with Crippen LogP contribution in [0.15, 0.2) is 49.2 Å². The van der Waals surface area contributed by atoms with E-state index in [9.17, 15) is 0 Å². The number of anilines is 1. The van der Waals surface area contributed by atoms with Crippen molar-refractivity contribution in [3.63, 3.8) is 0 Å². The summed E-state index contributed by atoms with van der Waals surface area (Å²) in [7, 11) is 0. The zero-order valence-electron chi connectivity index (χ0n) is 14.2. The van der Waals surface area contributed by atoms with E-state index < -0.39 is 0 Å². The molecule has 6 nitrogen and oxygen atoms in total. The Labute approximate surface area is 145 Å². The maximum Gasteiger partial charge on any atom is 0.155 e. The molecule has 1 aromatic carbocycles. The van der Waals surface area contributed by atoms with Gasteiger partial charge in [-0.1, -0.05) is 12.1 Å². The molecule has 0 bridgehead atoms. The van der Waals surface area contributed by atoms with Gasteiger partial charge in [0.15, 0.2) is 5.82 Å². The van der Waals surface area contributed by atoms with E-state index in [4.69, 9.17) is 4.98 Å². The third-order valence-corrected chi connectivity index (χ3v) is 5.14. The molecule has 0 spiro atoms. The largest absolute Gasteiger partial charge is 0.345 e. The van der Waals surface area contributed by atoms with Gasteiger partial charge >= 0.3 is 0 Å². The zero-order chi connectivity index (χ0) is 16.8. The van der Waals surface area contributed by atoms with Crippen LogP contribution in [0.3, 0.4) is 0 Å². The molecule has 1 saturated heterocycles. The van der Waals surface area contributed by atoms with Crippen LogP contribution in [0, 0.1) is 0 Å². The third kappa shape index (κ3) is 2.13. The van der Waals surface area contributed by atoms with Gasteiger partial charge in [-0.05, 0) is 31.9 Å². The molecule has 4 aromatic rings. The highest BCUT2D eigenvalue weighted by Crippen LogP contribution is 2.37. The summed E-state index contributed by atoms with van der Waals surface area (Å²) in [6.07, 6.45) is 9.75. The van der Waals surface area contributed by atoms with Gasteiger partial charge in [-0.2, -0.15) is 0 Å². The van der Waals surface area contributed by atoms with Gasteiger partial charge < -0.3 is 13.9 Å². The molecule has 1 unspecified atom stereocenters. The first-order chi connectivity index (χ1) is 12.4. The fourth-order valence-corrected chi connectivity index (χ4v) is 4.03. The highest BCUT2D eigenvalue weighted by Gasteiger charge is 2.32. The predicted octanol–water partition coefficient (Wildman–Crippen LogP) is 3.44. The molecule has 5 rings (SSSR count). The van der Waals surface area contributed by atoms with E-state index in [0.29, 0.717) is 0 Å². The van der Waals surface area contributed by atoms with Crippen LogP contribution in [0.1, 0.15) is 31.6 Å². The Bertz CT molecular complexity index is 1050. The number of benzene rings is 1. The molecule has 1 aliphatic rings. The maximum atomic E-state index is 4.98. The van der Waals surface area contributed by atoms with Gasteiger partial charge in [-0.15, -0.1) is 0 Å². The standard InChI is InChI=1S/C19H20N6/c1-2-24-15-7-4-3-6-14(15)22-19(24)16-8-5-10-25(16)18-17-12-20-13-23(17)11-9-21-18/h3-4,6-7,9,11-13,16H,2,5,8,10H2,1H3. The minimum atomic E-state index is 0.251. The first-order valence-corrected chi connectivity index (χ1v) is 8.85. The van der Waals surface area contributed by atoms with Gasteiger partial charge in [0, 0.05) is 25.5 Å². The zero-order valence-corrected chi connectivity index (χ0v) is 14.2. The first kappa shape index (κ1) is 14.5. The van der Waals surface area contributed by atoms with E-state index in [0.717, 1.165) is 48.6 Å². The number of aryl methyl sites for hydroxylation is 1. The summed E-state index contributed by atoms with van der Waals surface area (Å²) in [5.74, 6) is 2.14. The Kier molecular flexibility index (Phi) is 3.23. The lowest BCUT2D eigenvalue weighted by Gasteiger charge is -2.26. The van der Waals surface area contributed by atoms with E-state index in [1.165, 1.54) is 5.52 Å². The second-order valence-corrected chi connectivity index (χ2v) is 6.49. The summed E-state index contributed by atoms with van der Waals surface area (Å²) in [5.41, 5.74) is 3.33. The van der Waals surface area contributed by atoms with E-state index >= 15 is 0 Å². The Balaban J connectivity index is 1.65. The van der Waals surface area contributed by atoms with Crippen molar-refractivity contribution in [3.05, 3.63) is 55.0 Å². The number of rotatable bonds is 3. The van der Waals surface area contributed by atoms with Gasteiger partial charge in [0.1, 0.15) is 11.3 Å². The number of hydrogen-bond acceptors (Lipinski definition) is 4. The van der Waals surface area contributed by atoms with E-state index in [1.54, 1.807) is 0 Å². The van der Waals surface area contributed by atoms with Crippen molar-refractivity contribution in [2.24, 2.45) is 0 Å². The Hall–Kier alpha value is -2.89. The Morgan fingerprint density at radius 3 is 3.04 bits per heavy atom. The number of imidazole rings is 2. The van der Waals surface area contributed by atoms with Crippen LogP contribution in [-0.4, -0.2) is 30.5 Å². The smallest absolute Gasteiger partial charge is 0.155 e. The van der Waals surface area contributed by atoms with E-state index in [1.807, 2.05) is 29.3 Å². The summed E-state index contributed by atoms with van der Waals surface area (Å²) >= 11 is 0. The molecule has 6 heteroatoms. The molecule has 4 heterocycles. The molecule has 0 saturated carbocycles. The molecular formula is C19H20N6. The van der Waals surface area contributed by atoms with E-state index in [-0.39, 0.29) is 6.04 Å². The summed E-state index contributed by atoms with van der Waals surface area (Å²) < 4.78 is 4.37. The van der Waals surface area contributed by atoms with Crippen molar-refractivity contribution >= 4 is 22.4 Å². The van der Waals surface area contributed by atoms with Gasteiger partial charge in [-0.3, -0.25) is 0 Å². The summed E-state index contributed by atoms with van der Waals surface area (Å²) in [6.45, 7) is 4.10. The average molecular weight is 332 g/mol. The minimum Gasteiger partial charge on any atom is -0.345 e. The topological polar surface area (TPSA) is 51.2 Å². The van der Waals surface area contributed by atoms with Crippen molar-refractivity contribution in [1.29, 1.82) is 0 Å². The Morgan fingerprint density at radius 1 is 1.20 bits per heavy atom. The molecular weight excluding hydrogens is 312 g/mol. The lowest BCUT2D eigenvalue weighted by atomic mass is 10.2. The van der Waals surface area contributed by atoms with Gasteiger partial charge in [-0.25, -0.2) is 15.0 Å². The number of hydrogen-bond donors (Lipinski definition) is 0. The van der Waals surface area contributed by atoms with Gasteiger partial charge in [0.05, 0.1) is 29.6 Å². The SMILES string of the molecule is CCn1c(C2CCCN2c2nccn3cncc23)nc2ccccc21. The van der Waals surface area contributed by atoms with Crippen LogP contribution in [0.4, 0.5) is 5.82 Å². The van der Waals surface area contributed by atoms with Crippen molar-refractivity contribution in [2.75, 3.05) is 11.4 Å². The van der Waals surface area contributed by atoms with Gasteiger partial charge in [0.25, 0.3) is 0 Å². The summed E-state index contributed by atoms with van der Waals surface area (Å²) in [5, 5.41) is 0.